The van der Waals surface area contributed by atoms with Crippen LogP contribution in [0.2, 0.25) is 0 Å². The highest BCUT2D eigenvalue weighted by molar-refractivity contribution is 7.10. The van der Waals surface area contributed by atoms with Gasteiger partial charge in [0.15, 0.2) is 6.54 Å². The number of carbonyl (C=O) groups is 2. The van der Waals surface area contributed by atoms with Gasteiger partial charge in [0.2, 0.25) is 5.91 Å². The Morgan fingerprint density at radius 1 is 1.08 bits per heavy atom. The number of nitrogens with one attached hydrogen (secondary N) is 2. The summed E-state index contributed by atoms with van der Waals surface area (Å²) in [5.74, 6) is -0.0281. The number of hydrazine groups is 1. The molecule has 2 rings (SSSR count). The van der Waals surface area contributed by atoms with Crippen LogP contribution in [-0.4, -0.2) is 18.4 Å². The molecule has 2 aromatic rings. The number of rotatable bonds is 6. The second-order valence-corrected chi connectivity index (χ2v) is 6.96. The number of benzene rings is 1. The van der Waals surface area contributed by atoms with Crippen LogP contribution in [-0.2, 0) is 9.59 Å². The molecule has 4 N–H and O–H groups in total. The van der Waals surface area contributed by atoms with Crippen LogP contribution in [0.25, 0.3) is 0 Å². The van der Waals surface area contributed by atoms with Crippen LogP contribution in [0.15, 0.2) is 41.8 Å². The fourth-order valence-electron chi connectivity index (χ4n) is 2.41. The third kappa shape index (κ3) is 5.18. The first-order chi connectivity index (χ1) is 11.5. The standard InChI is InChI=1S/C18H23N3O2S/c1-12(2)14-6-8-15(9-7-14)18(16-5-4-10-24-16)19-11-17(23)21-20-13(3)22/h4-10,12,18-19H,11H2,1-3H3,(H,20,22)(H,21,23)/p+1/t18-/m0/s1. The lowest BCUT2D eigenvalue weighted by Crippen LogP contribution is -2.88. The molecule has 0 aliphatic heterocycles. The monoisotopic (exact) mass is 346 g/mol. The first-order valence-electron chi connectivity index (χ1n) is 7.99. The molecule has 0 radical (unpaired) electrons. The van der Waals surface area contributed by atoms with E-state index < -0.39 is 0 Å². The molecule has 0 aliphatic rings. The van der Waals surface area contributed by atoms with Crippen molar-refractivity contribution in [2.75, 3.05) is 6.54 Å². The number of hydrogen-bond acceptors (Lipinski definition) is 3. The number of amides is 2. The number of hydrogen-bond donors (Lipinski definition) is 3. The quantitative estimate of drug-likeness (QED) is 0.696. The van der Waals surface area contributed by atoms with E-state index in [1.165, 1.54) is 17.4 Å². The molecular formula is C18H24N3O2S+. The van der Waals surface area contributed by atoms with Gasteiger partial charge in [-0.1, -0.05) is 44.2 Å². The molecule has 0 saturated heterocycles. The summed E-state index contributed by atoms with van der Waals surface area (Å²) in [5, 5.41) is 4.02. The van der Waals surface area contributed by atoms with E-state index in [9.17, 15) is 9.59 Å². The minimum absolute atomic E-state index is 0.0642. The van der Waals surface area contributed by atoms with Crippen molar-refractivity contribution in [2.24, 2.45) is 0 Å². The van der Waals surface area contributed by atoms with Crippen molar-refractivity contribution in [1.82, 2.24) is 10.9 Å². The highest BCUT2D eigenvalue weighted by atomic mass is 32.1. The molecule has 1 aromatic carbocycles. The Hall–Kier alpha value is -2.18. The summed E-state index contributed by atoms with van der Waals surface area (Å²) in [5.41, 5.74) is 7.16. The van der Waals surface area contributed by atoms with Crippen LogP contribution >= 0.6 is 11.3 Å². The van der Waals surface area contributed by atoms with Crippen molar-refractivity contribution in [3.63, 3.8) is 0 Å². The van der Waals surface area contributed by atoms with Crippen LogP contribution in [0.5, 0.6) is 0 Å². The number of nitrogens with two attached hydrogens (primary N) is 1. The van der Waals surface area contributed by atoms with E-state index in [0.29, 0.717) is 5.92 Å². The molecule has 1 aromatic heterocycles. The van der Waals surface area contributed by atoms with Gasteiger partial charge in [0.25, 0.3) is 5.91 Å². The summed E-state index contributed by atoms with van der Waals surface area (Å²) in [7, 11) is 0. The topological polar surface area (TPSA) is 74.8 Å². The molecule has 5 nitrogen and oxygen atoms in total. The molecule has 2 amide bonds. The molecule has 0 aliphatic carbocycles. The van der Waals surface area contributed by atoms with Gasteiger partial charge in [0, 0.05) is 12.5 Å². The SMILES string of the molecule is CC(=O)NNC(=O)C[NH2+][C@@H](c1ccc(C(C)C)cc1)c1cccs1. The number of carbonyl (C=O) groups excluding carboxylic acids is 2. The smallest absolute Gasteiger partial charge is 0.293 e. The predicted molar refractivity (Wildman–Crippen MR) is 95.4 cm³/mol. The zero-order chi connectivity index (χ0) is 17.5. The van der Waals surface area contributed by atoms with E-state index in [0.717, 1.165) is 5.56 Å². The Morgan fingerprint density at radius 3 is 2.29 bits per heavy atom. The van der Waals surface area contributed by atoms with Crippen molar-refractivity contribution < 1.29 is 14.9 Å². The van der Waals surface area contributed by atoms with Gasteiger partial charge in [-0.3, -0.25) is 20.4 Å². The lowest BCUT2D eigenvalue weighted by Gasteiger charge is -2.16. The van der Waals surface area contributed by atoms with Crippen LogP contribution < -0.4 is 16.2 Å². The van der Waals surface area contributed by atoms with Crippen molar-refractivity contribution in [1.29, 1.82) is 0 Å². The van der Waals surface area contributed by atoms with Crippen LogP contribution in [0.1, 0.15) is 48.7 Å². The zero-order valence-corrected chi connectivity index (χ0v) is 15.0. The maximum absolute atomic E-state index is 11.8. The molecule has 1 heterocycles. The molecule has 0 unspecified atom stereocenters. The average molecular weight is 346 g/mol. The van der Waals surface area contributed by atoms with E-state index in [1.54, 1.807) is 11.3 Å². The molecule has 24 heavy (non-hydrogen) atoms. The van der Waals surface area contributed by atoms with Gasteiger partial charge in [-0.2, -0.15) is 0 Å². The molecule has 0 bridgehead atoms. The van der Waals surface area contributed by atoms with Gasteiger partial charge < -0.3 is 5.32 Å². The Kier molecular flexibility index (Phi) is 6.52. The average Bonchev–Trinajstić information content (AvgIpc) is 3.08. The van der Waals surface area contributed by atoms with Gasteiger partial charge >= 0.3 is 0 Å². The Bertz CT molecular complexity index is 666. The normalized spacial score (nSPS) is 12.0. The van der Waals surface area contributed by atoms with Gasteiger partial charge in [-0.25, -0.2) is 0 Å². The van der Waals surface area contributed by atoms with Gasteiger partial charge in [0.05, 0.1) is 4.88 Å². The van der Waals surface area contributed by atoms with Crippen molar-refractivity contribution in [3.05, 3.63) is 57.8 Å². The highest BCUT2D eigenvalue weighted by Gasteiger charge is 2.20. The summed E-state index contributed by atoms with van der Waals surface area (Å²) in [6, 6.07) is 12.7. The Morgan fingerprint density at radius 2 is 1.75 bits per heavy atom. The molecular weight excluding hydrogens is 322 g/mol. The first kappa shape index (κ1) is 18.2. The highest BCUT2D eigenvalue weighted by Crippen LogP contribution is 2.24. The maximum Gasteiger partial charge on any atom is 0.293 e. The number of quaternary nitrogens is 1. The van der Waals surface area contributed by atoms with Crippen molar-refractivity contribution >= 4 is 23.2 Å². The largest absolute Gasteiger partial charge is 0.328 e. The van der Waals surface area contributed by atoms with E-state index >= 15 is 0 Å². The fraction of sp³-hybridized carbons (Fsp3) is 0.333. The zero-order valence-electron chi connectivity index (χ0n) is 14.2. The van der Waals surface area contributed by atoms with E-state index in [-0.39, 0.29) is 24.4 Å². The molecule has 1 atom stereocenters. The summed E-state index contributed by atoms with van der Waals surface area (Å²) in [6.45, 7) is 5.93. The minimum Gasteiger partial charge on any atom is -0.328 e. The van der Waals surface area contributed by atoms with Crippen LogP contribution in [0.4, 0.5) is 0 Å². The van der Waals surface area contributed by atoms with E-state index in [2.05, 4.69) is 55.0 Å². The molecule has 0 spiro atoms. The second kappa shape index (κ2) is 8.61. The van der Waals surface area contributed by atoms with Gasteiger partial charge in [0.1, 0.15) is 6.04 Å². The van der Waals surface area contributed by atoms with E-state index in [4.69, 9.17) is 0 Å². The fourth-order valence-corrected chi connectivity index (χ4v) is 3.26. The Balaban J connectivity index is 2.08. The van der Waals surface area contributed by atoms with Crippen LogP contribution in [0.3, 0.4) is 0 Å². The lowest BCUT2D eigenvalue weighted by molar-refractivity contribution is -0.676. The summed E-state index contributed by atoms with van der Waals surface area (Å²) in [6.07, 6.45) is 0. The van der Waals surface area contributed by atoms with E-state index in [1.807, 2.05) is 16.8 Å². The maximum atomic E-state index is 11.8. The van der Waals surface area contributed by atoms with Crippen molar-refractivity contribution in [2.45, 2.75) is 32.7 Å². The molecule has 128 valence electrons. The molecule has 6 heteroatoms. The second-order valence-electron chi connectivity index (χ2n) is 5.98. The first-order valence-corrected chi connectivity index (χ1v) is 8.87. The lowest BCUT2D eigenvalue weighted by atomic mass is 9.98. The summed E-state index contributed by atoms with van der Waals surface area (Å²) in [4.78, 5) is 23.9. The number of thiophene rings is 1. The summed E-state index contributed by atoms with van der Waals surface area (Å²) < 4.78 is 0. The van der Waals surface area contributed by atoms with Crippen molar-refractivity contribution in [3.8, 4) is 0 Å². The molecule has 0 fully saturated rings. The van der Waals surface area contributed by atoms with Gasteiger partial charge in [-0.05, 0) is 22.9 Å². The van der Waals surface area contributed by atoms with Crippen LogP contribution in [0, 0.1) is 0 Å². The third-order valence-electron chi connectivity index (χ3n) is 3.73. The third-order valence-corrected chi connectivity index (χ3v) is 4.68. The summed E-state index contributed by atoms with van der Waals surface area (Å²) >= 11 is 1.67. The Labute approximate surface area is 146 Å². The predicted octanol–water partition coefficient (Wildman–Crippen LogP) is 1.69. The van der Waals surface area contributed by atoms with Gasteiger partial charge in [-0.15, -0.1) is 11.3 Å². The molecule has 0 saturated carbocycles. The minimum atomic E-state index is -0.289.